The zero-order valence-electron chi connectivity index (χ0n) is 14.7. The highest BCUT2D eigenvalue weighted by Crippen LogP contribution is 2.32. The van der Waals surface area contributed by atoms with Crippen LogP contribution in [-0.4, -0.2) is 39.0 Å². The van der Waals surface area contributed by atoms with Gasteiger partial charge in [-0.05, 0) is 31.2 Å². The molecule has 5 nitrogen and oxygen atoms in total. The Morgan fingerprint density at radius 2 is 1.96 bits per heavy atom. The van der Waals surface area contributed by atoms with Crippen molar-refractivity contribution in [3.63, 3.8) is 0 Å². The molecule has 0 aliphatic carbocycles. The molecule has 1 fully saturated rings. The lowest BCUT2D eigenvalue weighted by Gasteiger charge is -2.30. The summed E-state index contributed by atoms with van der Waals surface area (Å²) in [5.74, 6) is -0.798. The first-order valence-corrected chi connectivity index (χ1v) is 9.32. The molecule has 0 spiro atoms. The lowest BCUT2D eigenvalue weighted by molar-refractivity contribution is -0.147. The van der Waals surface area contributed by atoms with Gasteiger partial charge in [0.1, 0.15) is 16.2 Å². The van der Waals surface area contributed by atoms with E-state index in [0.717, 1.165) is 10.6 Å². The number of aromatic nitrogens is 1. The summed E-state index contributed by atoms with van der Waals surface area (Å²) >= 11 is 1.41. The Hall–Kier alpha value is -2.21. The molecule has 0 saturated carbocycles. The quantitative estimate of drug-likeness (QED) is 0.896. The molecule has 1 aliphatic rings. The van der Waals surface area contributed by atoms with Crippen molar-refractivity contribution in [3.8, 4) is 10.6 Å². The van der Waals surface area contributed by atoms with Crippen LogP contribution in [0.3, 0.4) is 0 Å². The highest BCUT2D eigenvalue weighted by molar-refractivity contribution is 7.13. The predicted octanol–water partition coefficient (Wildman–Crippen LogP) is 4.01. The molecular formula is C19H22N2O3S. The number of benzene rings is 1. The molecule has 0 bridgehead atoms. The summed E-state index contributed by atoms with van der Waals surface area (Å²) in [6.07, 6.45) is 1.17. The van der Waals surface area contributed by atoms with E-state index in [1.807, 2.05) is 12.1 Å². The van der Waals surface area contributed by atoms with Gasteiger partial charge in [0.05, 0.1) is 0 Å². The van der Waals surface area contributed by atoms with E-state index in [4.69, 9.17) is 0 Å². The number of thiazole rings is 1. The number of carboxylic acids is 1. The zero-order valence-corrected chi connectivity index (χ0v) is 15.5. The highest BCUT2D eigenvalue weighted by atomic mass is 32.1. The summed E-state index contributed by atoms with van der Waals surface area (Å²) in [4.78, 5) is 30.2. The van der Waals surface area contributed by atoms with Crippen molar-refractivity contribution < 1.29 is 14.7 Å². The van der Waals surface area contributed by atoms with Crippen LogP contribution in [0.5, 0.6) is 0 Å². The van der Waals surface area contributed by atoms with Gasteiger partial charge >= 0.3 is 5.97 Å². The molecule has 6 heteroatoms. The van der Waals surface area contributed by atoms with E-state index in [9.17, 15) is 14.7 Å². The average Bonchev–Trinajstić information content (AvgIpc) is 3.22. The number of nitrogens with zero attached hydrogens (tertiary/aromatic N) is 2. The summed E-state index contributed by atoms with van der Waals surface area (Å²) in [5.41, 5.74) is 1.41. The average molecular weight is 358 g/mol. The number of amides is 1. The monoisotopic (exact) mass is 358 g/mol. The Balaban J connectivity index is 1.83. The molecule has 0 radical (unpaired) electrons. The third-order valence-corrected chi connectivity index (χ3v) is 5.79. The molecular weight excluding hydrogens is 336 g/mol. The fraction of sp³-hybridized carbons (Fsp3) is 0.421. The molecule has 1 aromatic carbocycles. The normalized spacial score (nSPS) is 20.2. The molecule has 1 saturated heterocycles. The topological polar surface area (TPSA) is 70.5 Å². The van der Waals surface area contributed by atoms with Crippen LogP contribution in [0.2, 0.25) is 0 Å². The zero-order chi connectivity index (χ0) is 18.2. The van der Waals surface area contributed by atoms with Crippen LogP contribution in [0.15, 0.2) is 29.6 Å². The third kappa shape index (κ3) is 3.18. The summed E-state index contributed by atoms with van der Waals surface area (Å²) in [6.45, 7) is 6.35. The molecule has 1 unspecified atom stereocenters. The van der Waals surface area contributed by atoms with E-state index < -0.39 is 11.5 Å². The molecule has 1 aliphatic heterocycles. The van der Waals surface area contributed by atoms with Gasteiger partial charge in [0, 0.05) is 17.5 Å². The van der Waals surface area contributed by atoms with Crippen LogP contribution in [0.1, 0.15) is 55.6 Å². The van der Waals surface area contributed by atoms with Crippen molar-refractivity contribution in [1.82, 2.24) is 9.88 Å². The second-order valence-corrected chi connectivity index (χ2v) is 7.81. The lowest BCUT2D eigenvalue weighted by atomic mass is 9.99. The number of rotatable bonds is 4. The molecule has 3 rings (SSSR count). The van der Waals surface area contributed by atoms with E-state index in [-0.39, 0.29) is 5.91 Å². The first-order chi connectivity index (χ1) is 11.8. The number of carbonyl (C=O) groups excluding carboxylic acids is 1. The Morgan fingerprint density at radius 3 is 2.56 bits per heavy atom. The minimum atomic E-state index is -1.14. The van der Waals surface area contributed by atoms with E-state index >= 15 is 0 Å². The summed E-state index contributed by atoms with van der Waals surface area (Å²) in [5, 5.41) is 12.0. The Kier molecular flexibility index (Phi) is 4.64. The molecule has 2 heterocycles. The predicted molar refractivity (Wildman–Crippen MR) is 98.0 cm³/mol. The SMILES string of the molecule is CC(C)c1ccc(-c2nc(C(=O)N3CCCC3(C)C(=O)O)cs2)cc1. The van der Waals surface area contributed by atoms with E-state index in [0.29, 0.717) is 31.0 Å². The second kappa shape index (κ2) is 6.59. The fourth-order valence-corrected chi connectivity index (χ4v) is 3.96. The van der Waals surface area contributed by atoms with Crippen LogP contribution in [-0.2, 0) is 4.79 Å². The van der Waals surface area contributed by atoms with Crippen LogP contribution in [0, 0.1) is 0 Å². The van der Waals surface area contributed by atoms with Gasteiger partial charge in [0.15, 0.2) is 0 Å². The smallest absolute Gasteiger partial charge is 0.329 e. The van der Waals surface area contributed by atoms with Gasteiger partial charge in [-0.1, -0.05) is 38.1 Å². The van der Waals surface area contributed by atoms with Crippen molar-refractivity contribution >= 4 is 23.2 Å². The Labute approximate surface area is 151 Å². The summed E-state index contributed by atoms with van der Waals surface area (Å²) in [6, 6.07) is 8.18. The van der Waals surface area contributed by atoms with Gasteiger partial charge in [0.2, 0.25) is 0 Å². The van der Waals surface area contributed by atoms with E-state index in [1.165, 1.54) is 21.8 Å². The van der Waals surface area contributed by atoms with Gasteiger partial charge in [0.25, 0.3) is 5.91 Å². The summed E-state index contributed by atoms with van der Waals surface area (Å²) < 4.78 is 0. The molecule has 1 N–H and O–H groups in total. The van der Waals surface area contributed by atoms with Crippen molar-refractivity contribution in [2.24, 2.45) is 0 Å². The molecule has 1 atom stereocenters. The maximum Gasteiger partial charge on any atom is 0.329 e. The van der Waals surface area contributed by atoms with Gasteiger partial charge in [-0.3, -0.25) is 4.79 Å². The number of likely N-dealkylation sites (tertiary alicyclic amines) is 1. The number of carboxylic acid groups (broad SMARTS) is 1. The Bertz CT molecular complexity index is 797. The maximum absolute atomic E-state index is 12.8. The molecule has 2 aromatic rings. The standard InChI is InChI=1S/C19H22N2O3S/c1-12(2)13-5-7-14(8-6-13)16-20-15(11-25-16)17(22)21-10-4-9-19(21,3)18(23)24/h5-8,11-12H,4,9-10H2,1-3H3,(H,23,24). The number of carbonyl (C=O) groups is 2. The number of aliphatic carboxylic acids is 1. The molecule has 1 aromatic heterocycles. The lowest BCUT2D eigenvalue weighted by Crippen LogP contribution is -2.50. The number of hydrogen-bond donors (Lipinski definition) is 1. The van der Waals surface area contributed by atoms with Crippen LogP contribution >= 0.6 is 11.3 Å². The fourth-order valence-electron chi connectivity index (χ4n) is 3.16. The molecule has 1 amide bonds. The maximum atomic E-state index is 12.8. The van der Waals surface area contributed by atoms with E-state index in [2.05, 4.69) is 31.0 Å². The van der Waals surface area contributed by atoms with E-state index in [1.54, 1.807) is 12.3 Å². The first-order valence-electron chi connectivity index (χ1n) is 8.44. The highest BCUT2D eigenvalue weighted by Gasteiger charge is 2.46. The Morgan fingerprint density at radius 1 is 1.28 bits per heavy atom. The van der Waals surface area contributed by atoms with Crippen LogP contribution < -0.4 is 0 Å². The minimum absolute atomic E-state index is 0.302. The minimum Gasteiger partial charge on any atom is -0.480 e. The van der Waals surface area contributed by atoms with Crippen LogP contribution in [0.25, 0.3) is 10.6 Å². The second-order valence-electron chi connectivity index (χ2n) is 6.95. The van der Waals surface area contributed by atoms with Gasteiger partial charge < -0.3 is 10.0 Å². The first kappa shape index (κ1) is 17.6. The number of hydrogen-bond acceptors (Lipinski definition) is 4. The van der Waals surface area contributed by atoms with Crippen molar-refractivity contribution in [2.75, 3.05) is 6.54 Å². The van der Waals surface area contributed by atoms with Crippen molar-refractivity contribution in [3.05, 3.63) is 40.9 Å². The van der Waals surface area contributed by atoms with Gasteiger partial charge in [-0.2, -0.15) is 0 Å². The third-order valence-electron chi connectivity index (χ3n) is 4.89. The van der Waals surface area contributed by atoms with Crippen molar-refractivity contribution in [1.29, 1.82) is 0 Å². The van der Waals surface area contributed by atoms with Gasteiger partial charge in [-0.25, -0.2) is 9.78 Å². The molecule has 132 valence electrons. The van der Waals surface area contributed by atoms with Crippen LogP contribution in [0.4, 0.5) is 0 Å². The molecule has 25 heavy (non-hydrogen) atoms. The summed E-state index contributed by atoms with van der Waals surface area (Å²) in [7, 11) is 0. The van der Waals surface area contributed by atoms with Crippen molar-refractivity contribution in [2.45, 2.75) is 45.1 Å². The largest absolute Gasteiger partial charge is 0.480 e. The van der Waals surface area contributed by atoms with Gasteiger partial charge in [-0.15, -0.1) is 11.3 Å².